The Balaban J connectivity index is 1.83. The van der Waals surface area contributed by atoms with Gasteiger partial charge in [0.2, 0.25) is 5.69 Å². The van der Waals surface area contributed by atoms with Gasteiger partial charge in [0.1, 0.15) is 5.92 Å². The fourth-order valence-electron chi connectivity index (χ4n) is 4.41. The van der Waals surface area contributed by atoms with Crippen LogP contribution in [0.5, 0.6) is 0 Å². The fourth-order valence-corrected chi connectivity index (χ4v) is 4.41. The SMILES string of the molecule is CCc1ccc(-c2cccc[n+]2[O-])cc1C1C(=O)C2CC[C@@H](C2)C1=O. The number of rotatable bonds is 3. The molecule has 1 heterocycles. The summed E-state index contributed by atoms with van der Waals surface area (Å²) in [6, 6.07) is 11.0. The Morgan fingerprint density at radius 1 is 1.08 bits per heavy atom. The summed E-state index contributed by atoms with van der Waals surface area (Å²) in [5.74, 6) is -0.434. The molecule has 2 aliphatic rings. The molecule has 2 saturated carbocycles. The zero-order chi connectivity index (χ0) is 17.6. The molecule has 2 aliphatic carbocycles. The number of hydrogen-bond donors (Lipinski definition) is 0. The molecular weight excluding hydrogens is 314 g/mol. The molecule has 1 aromatic heterocycles. The molecule has 0 aliphatic heterocycles. The number of carbonyl (C=O) groups is 2. The van der Waals surface area contributed by atoms with Gasteiger partial charge in [-0.3, -0.25) is 9.59 Å². The Kier molecular flexibility index (Phi) is 3.91. The summed E-state index contributed by atoms with van der Waals surface area (Å²) in [5.41, 5.74) is 3.10. The third-order valence-electron chi connectivity index (χ3n) is 5.76. The van der Waals surface area contributed by atoms with Gasteiger partial charge >= 0.3 is 0 Å². The monoisotopic (exact) mass is 335 g/mol. The molecule has 0 radical (unpaired) electrons. The van der Waals surface area contributed by atoms with Crippen LogP contribution in [0.25, 0.3) is 11.3 Å². The van der Waals surface area contributed by atoms with Crippen LogP contribution in [0.3, 0.4) is 0 Å². The van der Waals surface area contributed by atoms with Crippen LogP contribution in [0.1, 0.15) is 43.2 Å². The van der Waals surface area contributed by atoms with Crippen molar-refractivity contribution in [1.82, 2.24) is 0 Å². The molecule has 0 saturated heterocycles. The fraction of sp³-hybridized carbons (Fsp3) is 0.381. The van der Waals surface area contributed by atoms with Gasteiger partial charge in [0.15, 0.2) is 17.8 Å². The van der Waals surface area contributed by atoms with E-state index in [9.17, 15) is 14.8 Å². The van der Waals surface area contributed by atoms with Crippen LogP contribution in [0.4, 0.5) is 0 Å². The lowest BCUT2D eigenvalue weighted by atomic mass is 9.73. The normalized spacial score (nSPS) is 25.4. The van der Waals surface area contributed by atoms with Crippen LogP contribution < -0.4 is 4.73 Å². The summed E-state index contributed by atoms with van der Waals surface area (Å²) in [5, 5.41) is 12.1. The van der Waals surface area contributed by atoms with Gasteiger partial charge in [-0.1, -0.05) is 13.0 Å². The average Bonchev–Trinajstić information content (AvgIpc) is 3.08. The van der Waals surface area contributed by atoms with E-state index in [1.807, 2.05) is 31.2 Å². The van der Waals surface area contributed by atoms with E-state index in [1.54, 1.807) is 12.1 Å². The molecule has 25 heavy (non-hydrogen) atoms. The highest BCUT2D eigenvalue weighted by atomic mass is 16.5. The first-order valence-corrected chi connectivity index (χ1v) is 8.99. The van der Waals surface area contributed by atoms with Crippen LogP contribution in [0.2, 0.25) is 0 Å². The second kappa shape index (κ2) is 6.10. The van der Waals surface area contributed by atoms with E-state index in [4.69, 9.17) is 0 Å². The summed E-state index contributed by atoms with van der Waals surface area (Å²) >= 11 is 0. The summed E-state index contributed by atoms with van der Waals surface area (Å²) < 4.78 is 0.818. The molecule has 4 nitrogen and oxygen atoms in total. The molecule has 1 aromatic carbocycles. The van der Waals surface area contributed by atoms with Crippen LogP contribution in [-0.2, 0) is 16.0 Å². The van der Waals surface area contributed by atoms with Gasteiger partial charge in [-0.25, -0.2) is 0 Å². The van der Waals surface area contributed by atoms with Crippen molar-refractivity contribution in [2.45, 2.75) is 38.5 Å². The van der Waals surface area contributed by atoms with Crippen LogP contribution >= 0.6 is 0 Å². The van der Waals surface area contributed by atoms with Crippen molar-refractivity contribution in [1.29, 1.82) is 0 Å². The molecule has 3 atom stereocenters. The van der Waals surface area contributed by atoms with E-state index in [2.05, 4.69) is 0 Å². The maximum absolute atomic E-state index is 12.9. The highest BCUT2D eigenvalue weighted by molar-refractivity contribution is 6.12. The van der Waals surface area contributed by atoms with Crippen LogP contribution in [0.15, 0.2) is 42.6 Å². The Hall–Kier alpha value is -2.49. The van der Waals surface area contributed by atoms with Crippen molar-refractivity contribution in [2.75, 3.05) is 0 Å². The minimum absolute atomic E-state index is 0.0298. The average molecular weight is 335 g/mol. The lowest BCUT2D eigenvalue weighted by Crippen LogP contribution is -2.35. The van der Waals surface area contributed by atoms with Crippen molar-refractivity contribution in [2.24, 2.45) is 11.8 Å². The molecule has 2 bridgehead atoms. The van der Waals surface area contributed by atoms with Crippen molar-refractivity contribution in [3.63, 3.8) is 0 Å². The predicted octanol–water partition coefficient (Wildman–Crippen LogP) is 3.20. The van der Waals surface area contributed by atoms with Gasteiger partial charge in [0.25, 0.3) is 0 Å². The van der Waals surface area contributed by atoms with Crippen LogP contribution in [-0.4, -0.2) is 11.6 Å². The molecule has 4 heteroatoms. The number of carbonyl (C=O) groups excluding carboxylic acids is 2. The standard InChI is InChI=1S/C21H21NO3/c1-2-13-6-7-14(18-5-3-4-10-22(18)25)12-17(13)19-20(23)15-8-9-16(11-15)21(19)24/h3-7,10,12,15-16,19H,2,8-9,11H2,1H3/t15-,16?,19?/m0/s1. The maximum atomic E-state index is 12.9. The zero-order valence-electron chi connectivity index (χ0n) is 14.3. The second-order valence-corrected chi connectivity index (χ2v) is 7.12. The summed E-state index contributed by atoms with van der Waals surface area (Å²) in [6.07, 6.45) is 4.63. The number of fused-ring (bicyclic) bond motifs is 2. The van der Waals surface area contributed by atoms with E-state index in [-0.39, 0.29) is 23.4 Å². The minimum Gasteiger partial charge on any atom is -0.618 e. The molecule has 2 aromatic rings. The highest BCUT2D eigenvalue weighted by Gasteiger charge is 2.47. The van der Waals surface area contributed by atoms with E-state index in [0.29, 0.717) is 5.69 Å². The third-order valence-corrected chi connectivity index (χ3v) is 5.76. The number of aryl methyl sites for hydroxylation is 1. The number of aromatic nitrogens is 1. The molecule has 128 valence electrons. The van der Waals surface area contributed by atoms with E-state index >= 15 is 0 Å². The van der Waals surface area contributed by atoms with E-state index in [1.165, 1.54) is 6.20 Å². The van der Waals surface area contributed by atoms with E-state index < -0.39 is 5.92 Å². The smallest absolute Gasteiger partial charge is 0.223 e. The first-order chi connectivity index (χ1) is 12.1. The maximum Gasteiger partial charge on any atom is 0.223 e. The number of Topliss-reactive ketones (excluding diaryl/α,β-unsaturated/α-hetero) is 2. The number of nitrogens with zero attached hydrogens (tertiary/aromatic N) is 1. The summed E-state index contributed by atoms with van der Waals surface area (Å²) in [4.78, 5) is 25.8. The quantitative estimate of drug-likeness (QED) is 0.492. The lowest BCUT2D eigenvalue weighted by molar-refractivity contribution is -0.593. The number of benzene rings is 1. The second-order valence-electron chi connectivity index (χ2n) is 7.12. The number of pyridine rings is 1. The number of ketones is 2. The Morgan fingerprint density at radius 2 is 1.80 bits per heavy atom. The van der Waals surface area contributed by atoms with Gasteiger partial charge in [-0.15, -0.1) is 0 Å². The van der Waals surface area contributed by atoms with Gasteiger partial charge < -0.3 is 5.21 Å². The van der Waals surface area contributed by atoms with Crippen molar-refractivity contribution < 1.29 is 14.3 Å². The Morgan fingerprint density at radius 3 is 2.44 bits per heavy atom. The zero-order valence-corrected chi connectivity index (χ0v) is 14.3. The van der Waals surface area contributed by atoms with Gasteiger partial charge in [0.05, 0.1) is 0 Å². The predicted molar refractivity (Wildman–Crippen MR) is 93.8 cm³/mol. The van der Waals surface area contributed by atoms with Gasteiger partial charge in [-0.2, -0.15) is 4.73 Å². The molecule has 0 spiro atoms. The highest BCUT2D eigenvalue weighted by Crippen LogP contribution is 2.45. The molecule has 0 N–H and O–H groups in total. The van der Waals surface area contributed by atoms with Gasteiger partial charge in [0, 0.05) is 29.5 Å². The number of hydrogen-bond acceptors (Lipinski definition) is 3. The lowest BCUT2D eigenvalue weighted by Gasteiger charge is -2.27. The van der Waals surface area contributed by atoms with Crippen molar-refractivity contribution in [3.8, 4) is 11.3 Å². The first kappa shape index (κ1) is 16.0. The van der Waals surface area contributed by atoms with Crippen LogP contribution in [0, 0.1) is 17.0 Å². The first-order valence-electron chi connectivity index (χ1n) is 8.99. The molecule has 4 rings (SSSR count). The Bertz CT molecular complexity index is 836. The molecule has 2 fully saturated rings. The molecule has 0 amide bonds. The largest absolute Gasteiger partial charge is 0.618 e. The van der Waals surface area contributed by atoms with Crippen molar-refractivity contribution >= 4 is 11.6 Å². The summed E-state index contributed by atoms with van der Waals surface area (Å²) in [7, 11) is 0. The topological polar surface area (TPSA) is 61.1 Å². The van der Waals surface area contributed by atoms with Crippen molar-refractivity contribution in [3.05, 3.63) is 58.9 Å². The van der Waals surface area contributed by atoms with Gasteiger partial charge in [-0.05, 0) is 55.0 Å². The van der Waals surface area contributed by atoms with E-state index in [0.717, 1.165) is 47.1 Å². The minimum atomic E-state index is -0.648. The Labute approximate surface area is 147 Å². The molecule has 2 unspecified atom stereocenters. The third kappa shape index (κ3) is 2.56. The molecular formula is C21H21NO3. The summed E-state index contributed by atoms with van der Waals surface area (Å²) in [6.45, 7) is 2.03.